The normalized spacial score (nSPS) is 11.4. The minimum Gasteiger partial charge on any atom is -0.496 e. The predicted molar refractivity (Wildman–Crippen MR) is 76.7 cm³/mol. The highest BCUT2D eigenvalue weighted by atomic mass is 79.9. The molecule has 0 atom stereocenters. The Labute approximate surface area is 119 Å². The fourth-order valence-electron chi connectivity index (χ4n) is 1.11. The van der Waals surface area contributed by atoms with Crippen molar-refractivity contribution < 1.29 is 9.47 Å². The lowest BCUT2D eigenvalue weighted by Gasteiger charge is -2.23. The molecule has 0 spiro atoms. The van der Waals surface area contributed by atoms with E-state index in [0.717, 1.165) is 20.4 Å². The number of rotatable bonds is 5. The summed E-state index contributed by atoms with van der Waals surface area (Å²) in [6.07, 6.45) is 0. The minimum atomic E-state index is -0.0359. The number of hydrogen-bond donors (Lipinski definition) is 1. The molecule has 0 aromatic heterocycles. The zero-order valence-corrected chi connectivity index (χ0v) is 13.4. The number of nitrogens with two attached hydrogens (primary N) is 1. The van der Waals surface area contributed by atoms with Gasteiger partial charge < -0.3 is 15.2 Å². The fraction of sp³-hybridized carbons (Fsp3) is 0.500. The molecule has 0 radical (unpaired) electrons. The van der Waals surface area contributed by atoms with E-state index in [1.54, 1.807) is 7.11 Å². The van der Waals surface area contributed by atoms with Crippen LogP contribution in [0.5, 0.6) is 11.5 Å². The van der Waals surface area contributed by atoms with Crippen LogP contribution in [0.15, 0.2) is 21.1 Å². The molecule has 5 heteroatoms. The highest BCUT2D eigenvalue weighted by Gasteiger charge is 2.18. The van der Waals surface area contributed by atoms with Gasteiger partial charge in [-0.2, -0.15) is 0 Å². The van der Waals surface area contributed by atoms with E-state index in [4.69, 9.17) is 15.2 Å². The summed E-state index contributed by atoms with van der Waals surface area (Å²) in [6.45, 7) is 5.29. The van der Waals surface area contributed by atoms with Gasteiger partial charge in [0, 0.05) is 12.0 Å². The summed E-state index contributed by atoms with van der Waals surface area (Å²) >= 11 is 6.88. The van der Waals surface area contributed by atoms with Crippen molar-refractivity contribution in [2.24, 2.45) is 11.1 Å². The molecule has 1 aromatic rings. The zero-order chi connectivity index (χ0) is 13.1. The number of halogens is 2. The smallest absolute Gasteiger partial charge is 0.134 e. The van der Waals surface area contributed by atoms with Gasteiger partial charge in [0.25, 0.3) is 0 Å². The summed E-state index contributed by atoms with van der Waals surface area (Å²) in [6, 6.07) is 3.75. The lowest BCUT2D eigenvalue weighted by Crippen LogP contribution is -2.30. The Balaban J connectivity index is 2.82. The first-order chi connectivity index (χ1) is 7.89. The van der Waals surface area contributed by atoms with Crippen LogP contribution in [-0.4, -0.2) is 20.3 Å². The summed E-state index contributed by atoms with van der Waals surface area (Å²) in [5.74, 6) is 1.54. The van der Waals surface area contributed by atoms with Crippen molar-refractivity contribution >= 4 is 31.9 Å². The first-order valence-corrected chi connectivity index (χ1v) is 6.84. The van der Waals surface area contributed by atoms with Crippen molar-refractivity contribution in [2.45, 2.75) is 13.8 Å². The first-order valence-electron chi connectivity index (χ1n) is 5.25. The molecule has 96 valence electrons. The SMILES string of the molecule is COc1cc(Br)c(OCC(C)(C)CN)cc1Br. The quantitative estimate of drug-likeness (QED) is 0.866. The van der Waals surface area contributed by atoms with E-state index in [-0.39, 0.29) is 5.41 Å². The third-order valence-corrected chi connectivity index (χ3v) is 3.62. The molecule has 0 saturated heterocycles. The molecule has 0 aliphatic rings. The van der Waals surface area contributed by atoms with Gasteiger partial charge in [-0.15, -0.1) is 0 Å². The van der Waals surface area contributed by atoms with Crippen molar-refractivity contribution in [2.75, 3.05) is 20.3 Å². The Hall–Kier alpha value is -0.260. The first kappa shape index (κ1) is 14.8. The van der Waals surface area contributed by atoms with E-state index < -0.39 is 0 Å². The molecule has 0 saturated carbocycles. The molecule has 0 aliphatic heterocycles. The molecule has 2 N–H and O–H groups in total. The minimum absolute atomic E-state index is 0.0359. The molecule has 0 fully saturated rings. The molecule has 0 heterocycles. The second-order valence-electron chi connectivity index (χ2n) is 4.57. The van der Waals surface area contributed by atoms with Gasteiger partial charge in [-0.05, 0) is 44.0 Å². The van der Waals surface area contributed by atoms with Gasteiger partial charge >= 0.3 is 0 Å². The van der Waals surface area contributed by atoms with Gasteiger partial charge in [-0.25, -0.2) is 0 Å². The lowest BCUT2D eigenvalue weighted by atomic mass is 9.95. The Morgan fingerprint density at radius 2 is 1.71 bits per heavy atom. The highest BCUT2D eigenvalue weighted by Crippen LogP contribution is 2.36. The average Bonchev–Trinajstić information content (AvgIpc) is 2.29. The van der Waals surface area contributed by atoms with Crippen LogP contribution in [-0.2, 0) is 0 Å². The largest absolute Gasteiger partial charge is 0.496 e. The Kier molecular flexibility index (Phi) is 5.28. The third-order valence-electron chi connectivity index (χ3n) is 2.38. The maximum atomic E-state index is 5.76. The molecule has 3 nitrogen and oxygen atoms in total. The van der Waals surface area contributed by atoms with E-state index in [2.05, 4.69) is 45.7 Å². The van der Waals surface area contributed by atoms with Crippen molar-refractivity contribution in [3.8, 4) is 11.5 Å². The van der Waals surface area contributed by atoms with Crippen LogP contribution in [0.25, 0.3) is 0 Å². The van der Waals surface area contributed by atoms with Gasteiger partial charge in [-0.3, -0.25) is 0 Å². The summed E-state index contributed by atoms with van der Waals surface area (Å²) in [7, 11) is 1.63. The fourth-order valence-corrected chi connectivity index (χ4v) is 2.03. The van der Waals surface area contributed by atoms with Crippen LogP contribution in [0.4, 0.5) is 0 Å². The summed E-state index contributed by atoms with van der Waals surface area (Å²) in [5, 5.41) is 0. The molecule has 1 aromatic carbocycles. The van der Waals surface area contributed by atoms with Gasteiger partial charge in [0.15, 0.2) is 0 Å². The number of ether oxygens (including phenoxy) is 2. The molecule has 1 rings (SSSR count). The Bertz CT molecular complexity index is 394. The molecule has 0 amide bonds. The standard InChI is InChI=1S/C12H17Br2NO2/c1-12(2,6-15)7-17-11-5-8(13)10(16-3)4-9(11)14/h4-5H,6-7,15H2,1-3H3. The van der Waals surface area contributed by atoms with Crippen LogP contribution in [0, 0.1) is 5.41 Å². The second-order valence-corrected chi connectivity index (χ2v) is 6.28. The van der Waals surface area contributed by atoms with Gasteiger partial charge in [-0.1, -0.05) is 13.8 Å². The van der Waals surface area contributed by atoms with Crippen LogP contribution < -0.4 is 15.2 Å². The van der Waals surface area contributed by atoms with Crippen molar-refractivity contribution in [1.82, 2.24) is 0 Å². The van der Waals surface area contributed by atoms with Gasteiger partial charge in [0.1, 0.15) is 11.5 Å². The maximum Gasteiger partial charge on any atom is 0.134 e. The topological polar surface area (TPSA) is 44.5 Å². The third kappa shape index (κ3) is 4.16. The molecule has 0 unspecified atom stereocenters. The molecule has 0 aliphatic carbocycles. The van der Waals surface area contributed by atoms with Crippen LogP contribution in [0.3, 0.4) is 0 Å². The zero-order valence-electron chi connectivity index (χ0n) is 10.2. The number of benzene rings is 1. The second kappa shape index (κ2) is 6.07. The van der Waals surface area contributed by atoms with E-state index in [1.807, 2.05) is 12.1 Å². The monoisotopic (exact) mass is 365 g/mol. The summed E-state index contributed by atoms with van der Waals surface area (Å²) in [5.41, 5.74) is 5.63. The van der Waals surface area contributed by atoms with Crippen LogP contribution in [0.2, 0.25) is 0 Å². The predicted octanol–water partition coefficient (Wildman–Crippen LogP) is 3.58. The van der Waals surface area contributed by atoms with Gasteiger partial charge in [0.05, 0.1) is 22.7 Å². The van der Waals surface area contributed by atoms with Crippen molar-refractivity contribution in [3.05, 3.63) is 21.1 Å². The van der Waals surface area contributed by atoms with Gasteiger partial charge in [0.2, 0.25) is 0 Å². The van der Waals surface area contributed by atoms with Crippen molar-refractivity contribution in [3.63, 3.8) is 0 Å². The number of methoxy groups -OCH3 is 1. The van der Waals surface area contributed by atoms with E-state index >= 15 is 0 Å². The highest BCUT2D eigenvalue weighted by molar-refractivity contribution is 9.11. The Morgan fingerprint density at radius 3 is 2.24 bits per heavy atom. The van der Waals surface area contributed by atoms with Crippen LogP contribution >= 0.6 is 31.9 Å². The molecular weight excluding hydrogens is 350 g/mol. The Morgan fingerprint density at radius 1 is 1.18 bits per heavy atom. The van der Waals surface area contributed by atoms with Crippen LogP contribution in [0.1, 0.15) is 13.8 Å². The average molecular weight is 367 g/mol. The van der Waals surface area contributed by atoms with Crippen molar-refractivity contribution in [1.29, 1.82) is 0 Å². The summed E-state index contributed by atoms with van der Waals surface area (Å²) < 4.78 is 12.7. The molecule has 0 bridgehead atoms. The molecular formula is C12H17Br2NO2. The van der Waals surface area contributed by atoms with E-state index in [0.29, 0.717) is 13.2 Å². The number of hydrogen-bond acceptors (Lipinski definition) is 3. The lowest BCUT2D eigenvalue weighted by molar-refractivity contribution is 0.186. The van der Waals surface area contributed by atoms with E-state index in [9.17, 15) is 0 Å². The maximum absolute atomic E-state index is 5.76. The van der Waals surface area contributed by atoms with E-state index in [1.165, 1.54) is 0 Å². The summed E-state index contributed by atoms with van der Waals surface area (Å²) in [4.78, 5) is 0. The molecule has 17 heavy (non-hydrogen) atoms.